The van der Waals surface area contributed by atoms with Gasteiger partial charge in [-0.3, -0.25) is 0 Å². The van der Waals surface area contributed by atoms with Crippen molar-refractivity contribution in [1.29, 1.82) is 0 Å². The lowest BCUT2D eigenvalue weighted by Crippen LogP contribution is -2.19. The standard InChI is InChI=1S/C11H15N4O6P.C11H14N4O3/c12-9-6-1-2-15(10(6)14-4-13-9)11-7(17)3-8(19-11)20-21-22(18)5-16;12-9-7-1-2-15(10(7)14-5-13-9)11-8(17)3-6(4-16)18-11/h1-2,4,7-8,11,16-18H,3,5H2,(H2,12,13,14);1-2,5-6,8,11,16-17H,3-4H2,(H2,12,13,14)/t7?,8-,11-,22?;6-,8?,11+/m10/s1. The van der Waals surface area contributed by atoms with Gasteiger partial charge >= 0.3 is 0 Å². The van der Waals surface area contributed by atoms with Crippen molar-refractivity contribution in [2.45, 2.75) is 49.9 Å². The lowest BCUT2D eigenvalue weighted by molar-refractivity contribution is -0.318. The molecule has 0 amide bonds. The number of fused-ring (bicyclic) bond motifs is 2. The summed E-state index contributed by atoms with van der Waals surface area (Å²) in [4.78, 5) is 30.1. The molecule has 9 N–H and O–H groups in total. The van der Waals surface area contributed by atoms with Gasteiger partial charge in [-0.1, -0.05) is 0 Å². The molecule has 2 aliphatic rings. The van der Waals surface area contributed by atoms with Crippen LogP contribution in [0.5, 0.6) is 0 Å². The molecular formula is C22H29N8O9P. The molecule has 4 aromatic heterocycles. The highest BCUT2D eigenvalue weighted by Crippen LogP contribution is 2.36. The number of ether oxygens (including phenoxy) is 2. The molecule has 0 radical (unpaired) electrons. The molecule has 7 atom stereocenters. The van der Waals surface area contributed by atoms with Crippen LogP contribution < -0.4 is 11.5 Å². The quantitative estimate of drug-likeness (QED) is 0.0824. The molecule has 18 heteroatoms. The Hall–Kier alpha value is -3.09. The molecule has 216 valence electrons. The molecule has 3 unspecified atom stereocenters. The average Bonchev–Trinajstić information content (AvgIpc) is 3.73. The second-order valence-corrected chi connectivity index (χ2v) is 10.1. The molecule has 2 aliphatic heterocycles. The van der Waals surface area contributed by atoms with Crippen molar-refractivity contribution in [1.82, 2.24) is 29.1 Å². The van der Waals surface area contributed by atoms with E-state index in [1.54, 1.807) is 33.7 Å². The van der Waals surface area contributed by atoms with Gasteiger partial charge in [-0.25, -0.2) is 19.9 Å². The van der Waals surface area contributed by atoms with Crippen molar-refractivity contribution < 1.29 is 44.4 Å². The minimum atomic E-state index is -2.07. The maximum Gasteiger partial charge on any atom is 0.232 e. The van der Waals surface area contributed by atoms with Crippen LogP contribution >= 0.6 is 8.38 Å². The molecule has 0 spiro atoms. The summed E-state index contributed by atoms with van der Waals surface area (Å²) in [5.74, 6) is 0.728. The van der Waals surface area contributed by atoms with Crippen molar-refractivity contribution in [3.05, 3.63) is 37.2 Å². The number of hydrogen-bond acceptors (Lipinski definition) is 15. The third-order valence-electron chi connectivity index (χ3n) is 6.41. The molecule has 0 saturated carbocycles. The predicted molar refractivity (Wildman–Crippen MR) is 138 cm³/mol. The van der Waals surface area contributed by atoms with E-state index < -0.39 is 45.7 Å². The third kappa shape index (κ3) is 5.70. The number of aliphatic hydroxyl groups excluding tert-OH is 4. The fourth-order valence-corrected chi connectivity index (χ4v) is 4.78. The summed E-state index contributed by atoms with van der Waals surface area (Å²) < 4.78 is 19.0. The number of nitrogens with zero attached hydrogens (tertiary/aromatic N) is 6. The summed E-state index contributed by atoms with van der Waals surface area (Å²) >= 11 is 0. The first-order chi connectivity index (χ1) is 19.3. The molecule has 2 fully saturated rings. The highest BCUT2D eigenvalue weighted by molar-refractivity contribution is 7.45. The largest absolute Gasteiger partial charge is 0.394 e. The molecule has 0 aromatic carbocycles. The first kappa shape index (κ1) is 28.4. The maximum absolute atomic E-state index is 10.1. The molecule has 2 saturated heterocycles. The molecule has 0 bridgehead atoms. The van der Waals surface area contributed by atoms with Crippen molar-refractivity contribution in [3.63, 3.8) is 0 Å². The summed E-state index contributed by atoms with van der Waals surface area (Å²) in [6, 6.07) is 3.51. The Kier molecular flexibility index (Phi) is 8.67. The van der Waals surface area contributed by atoms with Crippen molar-refractivity contribution >= 4 is 42.1 Å². The number of aromatic nitrogens is 6. The zero-order chi connectivity index (χ0) is 28.4. The van der Waals surface area contributed by atoms with Gasteiger partial charge in [-0.05, 0) is 12.1 Å². The number of hydrogen-bond donors (Lipinski definition) is 7. The Morgan fingerprint density at radius 3 is 1.95 bits per heavy atom. The van der Waals surface area contributed by atoms with Gasteiger partial charge in [0, 0.05) is 25.2 Å². The SMILES string of the molecule is Nc1ncnc2c1ccn2[C@@H]1O[C@H](CO)CC1O.Nc1ncnc2c1ccn2[C@@H]1O[C@H](OOP(O)CO)CC1O. The molecule has 4 aromatic rings. The van der Waals surface area contributed by atoms with Crippen molar-refractivity contribution in [2.24, 2.45) is 0 Å². The number of rotatable bonds is 7. The second kappa shape index (κ2) is 12.2. The first-order valence-corrected chi connectivity index (χ1v) is 13.5. The molecule has 6 heterocycles. The average molecular weight is 580 g/mol. The fraction of sp³-hybridized carbons (Fsp3) is 0.455. The van der Waals surface area contributed by atoms with Gasteiger partial charge in [-0.2, -0.15) is 9.56 Å². The summed E-state index contributed by atoms with van der Waals surface area (Å²) in [6.07, 6.45) is 2.09. The third-order valence-corrected chi connectivity index (χ3v) is 6.91. The predicted octanol–water partition coefficient (Wildman–Crippen LogP) is -0.524. The Morgan fingerprint density at radius 1 is 0.875 bits per heavy atom. The zero-order valence-corrected chi connectivity index (χ0v) is 21.8. The number of nitrogen functional groups attached to an aromatic ring is 2. The van der Waals surface area contributed by atoms with E-state index in [0.29, 0.717) is 34.7 Å². The van der Waals surface area contributed by atoms with Gasteiger partial charge in [0.15, 0.2) is 18.7 Å². The monoisotopic (exact) mass is 580 g/mol. The Balaban J connectivity index is 0.000000164. The lowest BCUT2D eigenvalue weighted by atomic mass is 10.2. The van der Waals surface area contributed by atoms with E-state index >= 15 is 0 Å². The van der Waals surface area contributed by atoms with Gasteiger partial charge in [0.1, 0.15) is 54.1 Å². The summed E-state index contributed by atoms with van der Waals surface area (Å²) in [5.41, 5.74) is 12.7. The minimum absolute atomic E-state index is 0.107. The highest BCUT2D eigenvalue weighted by Gasteiger charge is 2.38. The first-order valence-electron chi connectivity index (χ1n) is 12.1. The summed E-state index contributed by atoms with van der Waals surface area (Å²) in [6.45, 7) is -0.107. The Bertz CT molecular complexity index is 1440. The van der Waals surface area contributed by atoms with Crippen LogP contribution in [0, 0.1) is 0 Å². The topological polar surface area (TPSA) is 252 Å². The van der Waals surface area contributed by atoms with Crippen LogP contribution in [-0.2, 0) is 19.0 Å². The number of anilines is 2. The van der Waals surface area contributed by atoms with Crippen LogP contribution in [-0.4, -0.2) is 91.9 Å². The van der Waals surface area contributed by atoms with Crippen LogP contribution in [0.1, 0.15) is 25.3 Å². The molecule has 0 aliphatic carbocycles. The smallest absolute Gasteiger partial charge is 0.232 e. The van der Waals surface area contributed by atoms with E-state index in [2.05, 4.69) is 24.6 Å². The normalized spacial score (nSPS) is 27.2. The van der Waals surface area contributed by atoms with E-state index in [1.807, 2.05) is 0 Å². The highest BCUT2D eigenvalue weighted by atomic mass is 31.2. The fourth-order valence-electron chi connectivity index (χ4n) is 4.54. The lowest BCUT2D eigenvalue weighted by Gasteiger charge is -2.17. The second-order valence-electron chi connectivity index (χ2n) is 9.00. The van der Waals surface area contributed by atoms with Crippen LogP contribution in [0.4, 0.5) is 11.6 Å². The molecule has 40 heavy (non-hydrogen) atoms. The van der Waals surface area contributed by atoms with Crippen LogP contribution in [0.3, 0.4) is 0 Å². The van der Waals surface area contributed by atoms with E-state index in [9.17, 15) is 10.2 Å². The van der Waals surface area contributed by atoms with Gasteiger partial charge in [0.2, 0.25) is 8.38 Å². The number of aliphatic hydroxyl groups is 4. The molecule has 6 rings (SSSR count). The van der Waals surface area contributed by atoms with Gasteiger partial charge in [0.25, 0.3) is 0 Å². The molecule has 17 nitrogen and oxygen atoms in total. The summed E-state index contributed by atoms with van der Waals surface area (Å²) in [5, 5.41) is 39.2. The van der Waals surface area contributed by atoms with Crippen LogP contribution in [0.2, 0.25) is 0 Å². The number of nitrogens with two attached hydrogens (primary N) is 2. The minimum Gasteiger partial charge on any atom is -0.394 e. The Morgan fingerprint density at radius 2 is 1.43 bits per heavy atom. The van der Waals surface area contributed by atoms with Crippen molar-refractivity contribution in [3.8, 4) is 0 Å². The van der Waals surface area contributed by atoms with E-state index in [4.69, 9.17) is 40.9 Å². The van der Waals surface area contributed by atoms with Gasteiger partial charge in [0.05, 0.1) is 23.5 Å². The van der Waals surface area contributed by atoms with Crippen molar-refractivity contribution in [2.75, 3.05) is 24.4 Å². The zero-order valence-electron chi connectivity index (χ0n) is 20.9. The maximum atomic E-state index is 10.1. The van der Waals surface area contributed by atoms with Gasteiger partial charge in [-0.15, -0.1) is 0 Å². The Labute approximate surface area is 227 Å². The molecular weight excluding hydrogens is 551 g/mol. The van der Waals surface area contributed by atoms with Gasteiger partial charge < -0.3 is 55.4 Å². The summed E-state index contributed by atoms with van der Waals surface area (Å²) in [7, 11) is -2.07. The van der Waals surface area contributed by atoms with E-state index in [1.165, 1.54) is 12.7 Å². The van der Waals surface area contributed by atoms with E-state index in [0.717, 1.165) is 5.39 Å². The van der Waals surface area contributed by atoms with E-state index in [-0.39, 0.29) is 19.1 Å². The van der Waals surface area contributed by atoms with Crippen LogP contribution in [0.25, 0.3) is 22.1 Å². The van der Waals surface area contributed by atoms with Crippen LogP contribution in [0.15, 0.2) is 37.2 Å².